The molecule has 36 heavy (non-hydrogen) atoms. The van der Waals surface area contributed by atoms with Crippen molar-refractivity contribution in [3.8, 4) is 11.5 Å². The molecule has 1 unspecified atom stereocenters. The lowest BCUT2D eigenvalue weighted by Crippen LogP contribution is -2.57. The number of hydrogen-bond donors (Lipinski definition) is 1. The molecule has 0 spiro atoms. The molecule has 3 aliphatic heterocycles. The number of fused-ring (bicyclic) bond motifs is 2. The molecule has 11 nitrogen and oxygen atoms in total. The van der Waals surface area contributed by atoms with E-state index in [0.29, 0.717) is 38.2 Å². The lowest BCUT2D eigenvalue weighted by atomic mass is 10.00. The number of carbonyl (C=O) groups is 3. The zero-order valence-corrected chi connectivity index (χ0v) is 20.8. The van der Waals surface area contributed by atoms with Gasteiger partial charge in [-0.15, -0.1) is 0 Å². The number of ether oxygens (including phenoxy) is 5. The highest BCUT2D eigenvalue weighted by molar-refractivity contribution is 6.05. The van der Waals surface area contributed by atoms with Gasteiger partial charge in [-0.2, -0.15) is 0 Å². The quantitative estimate of drug-likeness (QED) is 0.417. The Balaban J connectivity index is 1.71. The number of anilines is 1. The van der Waals surface area contributed by atoms with Gasteiger partial charge >= 0.3 is 12.1 Å². The van der Waals surface area contributed by atoms with E-state index in [1.165, 1.54) is 26.4 Å². The van der Waals surface area contributed by atoms with Crippen molar-refractivity contribution < 1.29 is 43.2 Å². The van der Waals surface area contributed by atoms with E-state index in [1.54, 1.807) is 4.90 Å². The summed E-state index contributed by atoms with van der Waals surface area (Å²) in [4.78, 5) is 40.6. The highest BCUT2D eigenvalue weighted by Gasteiger charge is 2.46. The van der Waals surface area contributed by atoms with Crippen LogP contribution in [0.15, 0.2) is 12.1 Å². The van der Waals surface area contributed by atoms with Crippen LogP contribution < -0.4 is 14.4 Å². The summed E-state index contributed by atoms with van der Waals surface area (Å²) in [6.07, 6.45) is 2.69. The number of rotatable bonds is 8. The second-order valence-electron chi connectivity index (χ2n) is 9.09. The van der Waals surface area contributed by atoms with Crippen molar-refractivity contribution in [2.75, 3.05) is 38.9 Å². The molecule has 4 rings (SSSR count). The first-order valence-electron chi connectivity index (χ1n) is 12.5. The van der Waals surface area contributed by atoms with Gasteiger partial charge in [0.2, 0.25) is 0 Å². The Kier molecular flexibility index (Phi) is 8.52. The number of benzene rings is 1. The van der Waals surface area contributed by atoms with E-state index in [-0.39, 0.29) is 41.9 Å². The molecule has 3 aliphatic rings. The van der Waals surface area contributed by atoms with Gasteiger partial charge in [-0.25, -0.2) is 9.69 Å². The smallest absolute Gasteiger partial charge is 0.414 e. The maximum atomic E-state index is 13.7. The summed E-state index contributed by atoms with van der Waals surface area (Å²) in [5.74, 6) is -0.0503. The average molecular weight is 507 g/mol. The number of esters is 1. The van der Waals surface area contributed by atoms with Gasteiger partial charge in [-0.3, -0.25) is 9.59 Å². The average Bonchev–Trinajstić information content (AvgIpc) is 2.99. The van der Waals surface area contributed by atoms with Gasteiger partial charge in [0.1, 0.15) is 0 Å². The van der Waals surface area contributed by atoms with Gasteiger partial charge in [0.05, 0.1) is 38.1 Å². The summed E-state index contributed by atoms with van der Waals surface area (Å²) in [7, 11) is 2.77. The highest BCUT2D eigenvalue weighted by atomic mass is 16.7. The maximum absolute atomic E-state index is 13.7. The summed E-state index contributed by atoms with van der Waals surface area (Å²) < 4.78 is 28.1. The van der Waals surface area contributed by atoms with Crippen molar-refractivity contribution in [3.63, 3.8) is 0 Å². The highest BCUT2D eigenvalue weighted by Crippen LogP contribution is 2.42. The molecule has 0 aromatic heterocycles. The zero-order valence-electron chi connectivity index (χ0n) is 20.8. The van der Waals surface area contributed by atoms with Crippen LogP contribution in [0.5, 0.6) is 11.5 Å². The number of hydrogen-bond acceptors (Lipinski definition) is 8. The second kappa shape index (κ2) is 11.8. The fourth-order valence-corrected chi connectivity index (χ4v) is 5.00. The van der Waals surface area contributed by atoms with Crippen LogP contribution in [-0.2, 0) is 19.0 Å². The van der Waals surface area contributed by atoms with Crippen LogP contribution in [0.4, 0.5) is 10.5 Å². The number of piperidine rings is 1. The van der Waals surface area contributed by atoms with E-state index in [0.717, 1.165) is 30.6 Å². The van der Waals surface area contributed by atoms with Crippen LogP contribution in [0.3, 0.4) is 0 Å². The van der Waals surface area contributed by atoms with Crippen molar-refractivity contribution in [2.24, 2.45) is 0 Å². The van der Waals surface area contributed by atoms with Crippen LogP contribution in [0.25, 0.3) is 0 Å². The second-order valence-corrected chi connectivity index (χ2v) is 9.09. The third-order valence-electron chi connectivity index (χ3n) is 6.81. The molecule has 3 atom stereocenters. The Labute approximate surface area is 210 Å². The first-order valence-corrected chi connectivity index (χ1v) is 12.5. The molecule has 198 valence electrons. The Morgan fingerprint density at radius 2 is 1.92 bits per heavy atom. The van der Waals surface area contributed by atoms with Crippen molar-refractivity contribution in [1.82, 2.24) is 4.90 Å². The van der Waals surface area contributed by atoms with E-state index in [9.17, 15) is 19.5 Å². The molecule has 1 N–H and O–H groups in total. The minimum absolute atomic E-state index is 0.173. The van der Waals surface area contributed by atoms with E-state index in [1.807, 2.05) is 0 Å². The van der Waals surface area contributed by atoms with Gasteiger partial charge in [-0.1, -0.05) is 0 Å². The molecule has 0 saturated carbocycles. The SMILES string of the molecule is COC(=O)CCCOc1cc2c(cc1OC)C(=O)N1CCCC[C@H]1[C@H](OC1CCCCO1)N2C(=O)O. The molecule has 3 heterocycles. The molecular formula is C25H34N2O9. The normalized spacial score (nSPS) is 23.8. The third-order valence-corrected chi connectivity index (χ3v) is 6.81. The topological polar surface area (TPSA) is 124 Å². The van der Waals surface area contributed by atoms with Crippen LogP contribution in [-0.4, -0.2) is 80.5 Å². The lowest BCUT2D eigenvalue weighted by molar-refractivity contribution is -0.198. The number of carbonyl (C=O) groups excluding carboxylic acids is 2. The molecule has 2 saturated heterocycles. The third kappa shape index (κ3) is 5.52. The Bertz CT molecular complexity index is 963. The lowest BCUT2D eigenvalue weighted by Gasteiger charge is -2.42. The van der Waals surface area contributed by atoms with Crippen molar-refractivity contribution >= 4 is 23.7 Å². The number of amides is 2. The largest absolute Gasteiger partial charge is 0.493 e. The van der Waals surface area contributed by atoms with Gasteiger partial charge < -0.3 is 33.7 Å². The van der Waals surface area contributed by atoms with Gasteiger partial charge in [0.25, 0.3) is 5.91 Å². The molecule has 2 fully saturated rings. The first-order chi connectivity index (χ1) is 17.4. The molecule has 2 amide bonds. The number of methoxy groups -OCH3 is 2. The standard InChI is InChI=1S/C25H34N2O9/c1-32-19-14-16-18(15-20(19)34-13-7-9-21(28)33-2)27(25(30)31)24(36-22-10-4-6-12-35-22)17-8-3-5-11-26(17)23(16)29/h14-15,17,22,24H,3-13H2,1-2H3,(H,30,31)/t17-,22?,24-/m0/s1. The fraction of sp³-hybridized carbons (Fsp3) is 0.640. The predicted octanol–water partition coefficient (Wildman–Crippen LogP) is 3.39. The molecular weight excluding hydrogens is 472 g/mol. The van der Waals surface area contributed by atoms with Crippen LogP contribution >= 0.6 is 0 Å². The molecule has 0 aliphatic carbocycles. The van der Waals surface area contributed by atoms with Crippen molar-refractivity contribution in [3.05, 3.63) is 17.7 Å². The Hall–Kier alpha value is -3.05. The van der Waals surface area contributed by atoms with Gasteiger partial charge in [0.15, 0.2) is 24.0 Å². The summed E-state index contributed by atoms with van der Waals surface area (Å²) in [6.45, 7) is 1.24. The fourth-order valence-electron chi connectivity index (χ4n) is 5.00. The molecule has 0 radical (unpaired) electrons. The van der Waals surface area contributed by atoms with Gasteiger partial charge in [-0.05, 0) is 51.0 Å². The minimum atomic E-state index is -1.24. The first kappa shape index (κ1) is 26.0. The van der Waals surface area contributed by atoms with Gasteiger partial charge in [0, 0.05) is 25.6 Å². The summed E-state index contributed by atoms with van der Waals surface area (Å²) in [6, 6.07) is 2.58. The van der Waals surface area contributed by atoms with E-state index in [4.69, 9.17) is 18.9 Å². The van der Waals surface area contributed by atoms with E-state index < -0.39 is 24.7 Å². The molecule has 0 bridgehead atoms. The van der Waals surface area contributed by atoms with E-state index in [2.05, 4.69) is 4.74 Å². The van der Waals surface area contributed by atoms with Crippen LogP contribution in [0.1, 0.15) is 61.7 Å². The van der Waals surface area contributed by atoms with Crippen molar-refractivity contribution in [1.29, 1.82) is 0 Å². The van der Waals surface area contributed by atoms with Crippen LogP contribution in [0.2, 0.25) is 0 Å². The monoisotopic (exact) mass is 506 g/mol. The number of carboxylic acid groups (broad SMARTS) is 1. The Morgan fingerprint density at radius 1 is 1.11 bits per heavy atom. The predicted molar refractivity (Wildman–Crippen MR) is 127 cm³/mol. The molecule has 1 aromatic rings. The molecule has 11 heteroatoms. The zero-order chi connectivity index (χ0) is 25.7. The van der Waals surface area contributed by atoms with Crippen molar-refractivity contribution in [2.45, 2.75) is 69.9 Å². The van der Waals surface area contributed by atoms with E-state index >= 15 is 0 Å². The summed E-state index contributed by atoms with van der Waals surface area (Å²) in [5, 5.41) is 10.4. The maximum Gasteiger partial charge on any atom is 0.414 e. The summed E-state index contributed by atoms with van der Waals surface area (Å²) >= 11 is 0. The Morgan fingerprint density at radius 3 is 2.61 bits per heavy atom. The van der Waals surface area contributed by atoms with Crippen LogP contribution in [0, 0.1) is 0 Å². The summed E-state index contributed by atoms with van der Waals surface area (Å²) in [5.41, 5.74) is 0.380. The minimum Gasteiger partial charge on any atom is -0.493 e. The molecule has 1 aromatic carbocycles. The number of nitrogens with zero attached hydrogens (tertiary/aromatic N) is 2.